The lowest BCUT2D eigenvalue weighted by Crippen LogP contribution is -3.05. The van der Waals surface area contributed by atoms with Crippen LogP contribution in [0.3, 0.4) is 0 Å². The van der Waals surface area contributed by atoms with Gasteiger partial charge in [-0.2, -0.15) is 0 Å². The molecule has 2 heteroatoms. The Kier molecular flexibility index (Phi) is 7.98. The number of hydrogen-bond acceptors (Lipinski definition) is 1. The first-order valence-electron chi connectivity index (χ1n) is 9.99. The van der Waals surface area contributed by atoms with E-state index in [2.05, 4.69) is 33.2 Å². The number of aryl methyl sites for hydroxylation is 1. The molecule has 0 aromatic heterocycles. The van der Waals surface area contributed by atoms with Crippen molar-refractivity contribution >= 4 is 5.78 Å². The molecule has 134 valence electrons. The third kappa shape index (κ3) is 6.39. The first kappa shape index (κ1) is 19.2. The van der Waals surface area contributed by atoms with E-state index in [0.717, 1.165) is 23.9 Å². The largest absolute Gasteiger partial charge is 0.339 e. The first-order valence-corrected chi connectivity index (χ1v) is 9.99. The lowest BCUT2D eigenvalue weighted by atomic mass is 9.78. The molecule has 24 heavy (non-hydrogen) atoms. The molecule has 0 unspecified atom stereocenters. The van der Waals surface area contributed by atoms with Gasteiger partial charge in [0.1, 0.15) is 0 Å². The molecule has 1 aliphatic carbocycles. The average Bonchev–Trinajstić information content (AvgIpc) is 2.60. The van der Waals surface area contributed by atoms with Crippen LogP contribution in [0.25, 0.3) is 0 Å². The summed E-state index contributed by atoms with van der Waals surface area (Å²) in [6.07, 6.45) is 11.6. The summed E-state index contributed by atoms with van der Waals surface area (Å²) in [5.41, 5.74) is 2.26. The number of quaternary nitrogens is 1. The first-order chi connectivity index (χ1) is 11.6. The molecule has 1 aliphatic rings. The molecule has 0 heterocycles. The second-order valence-electron chi connectivity index (χ2n) is 8.04. The van der Waals surface area contributed by atoms with Gasteiger partial charge in [-0.25, -0.2) is 0 Å². The number of Topliss-reactive ketones (excluding diaryl/α,β-unsaturated/α-hetero) is 1. The van der Waals surface area contributed by atoms with Gasteiger partial charge >= 0.3 is 0 Å². The fourth-order valence-electron chi connectivity index (χ4n) is 3.95. The van der Waals surface area contributed by atoms with Gasteiger partial charge in [0, 0.05) is 5.56 Å². The zero-order valence-corrected chi connectivity index (χ0v) is 15.9. The highest BCUT2D eigenvalue weighted by atomic mass is 16.1. The van der Waals surface area contributed by atoms with Crippen molar-refractivity contribution in [3.8, 4) is 0 Å². The van der Waals surface area contributed by atoms with Crippen LogP contribution < -0.4 is 4.90 Å². The quantitative estimate of drug-likeness (QED) is 0.680. The van der Waals surface area contributed by atoms with E-state index in [1.165, 1.54) is 61.8 Å². The van der Waals surface area contributed by atoms with Gasteiger partial charge in [-0.1, -0.05) is 69.7 Å². The Balaban J connectivity index is 1.73. The van der Waals surface area contributed by atoms with Gasteiger partial charge in [0.05, 0.1) is 27.1 Å². The van der Waals surface area contributed by atoms with Crippen LogP contribution in [0, 0.1) is 11.8 Å². The van der Waals surface area contributed by atoms with Crippen LogP contribution in [0.2, 0.25) is 0 Å². The van der Waals surface area contributed by atoms with E-state index in [1.54, 1.807) is 0 Å². The molecule has 1 N–H and O–H groups in total. The summed E-state index contributed by atoms with van der Waals surface area (Å²) in [5, 5.41) is 0. The van der Waals surface area contributed by atoms with E-state index >= 15 is 0 Å². The van der Waals surface area contributed by atoms with Crippen LogP contribution in [0.4, 0.5) is 0 Å². The SMILES string of the molecule is CCCC1CCC(CCc2ccc(C(=O)CC[NH+](C)C)cc2)CC1. The number of carbonyl (C=O) groups is 1. The van der Waals surface area contributed by atoms with E-state index in [1.807, 2.05) is 12.1 Å². The molecule has 2 nitrogen and oxygen atoms in total. The second-order valence-corrected chi connectivity index (χ2v) is 8.04. The Bertz CT molecular complexity index is 483. The zero-order chi connectivity index (χ0) is 17.4. The van der Waals surface area contributed by atoms with Gasteiger partial charge in [-0.3, -0.25) is 4.79 Å². The molecule has 0 atom stereocenters. The van der Waals surface area contributed by atoms with E-state index in [-0.39, 0.29) is 5.78 Å². The lowest BCUT2D eigenvalue weighted by Gasteiger charge is -2.28. The Hall–Kier alpha value is -1.15. The smallest absolute Gasteiger partial charge is 0.168 e. The van der Waals surface area contributed by atoms with Gasteiger partial charge in [0.15, 0.2) is 5.78 Å². The van der Waals surface area contributed by atoms with Gasteiger partial charge in [0.25, 0.3) is 0 Å². The summed E-state index contributed by atoms with van der Waals surface area (Å²) in [6, 6.07) is 8.39. The predicted molar refractivity (Wildman–Crippen MR) is 102 cm³/mol. The van der Waals surface area contributed by atoms with E-state index in [4.69, 9.17) is 0 Å². The van der Waals surface area contributed by atoms with Crippen molar-refractivity contribution in [1.82, 2.24) is 0 Å². The second kappa shape index (κ2) is 9.98. The Labute approximate surface area is 148 Å². The maximum atomic E-state index is 12.1. The van der Waals surface area contributed by atoms with Crippen LogP contribution >= 0.6 is 0 Å². The summed E-state index contributed by atoms with van der Waals surface area (Å²) in [4.78, 5) is 13.5. The number of nitrogens with one attached hydrogen (secondary N) is 1. The summed E-state index contributed by atoms with van der Waals surface area (Å²) in [6.45, 7) is 3.21. The van der Waals surface area contributed by atoms with Crippen LogP contribution in [0.5, 0.6) is 0 Å². The van der Waals surface area contributed by atoms with Crippen LogP contribution in [0.15, 0.2) is 24.3 Å². The molecule has 0 radical (unpaired) electrons. The maximum absolute atomic E-state index is 12.1. The minimum absolute atomic E-state index is 0.275. The summed E-state index contributed by atoms with van der Waals surface area (Å²) in [7, 11) is 4.18. The molecule has 1 aromatic rings. The average molecular weight is 331 g/mol. The highest BCUT2D eigenvalue weighted by Crippen LogP contribution is 2.33. The molecule has 1 fully saturated rings. The van der Waals surface area contributed by atoms with E-state index in [9.17, 15) is 4.79 Å². The van der Waals surface area contributed by atoms with Crippen molar-refractivity contribution in [2.75, 3.05) is 20.6 Å². The van der Waals surface area contributed by atoms with Crippen molar-refractivity contribution in [3.63, 3.8) is 0 Å². The number of ketones is 1. The normalized spacial score (nSPS) is 21.2. The fraction of sp³-hybridized carbons (Fsp3) is 0.682. The summed E-state index contributed by atoms with van der Waals surface area (Å²) in [5.74, 6) is 2.19. The summed E-state index contributed by atoms with van der Waals surface area (Å²) < 4.78 is 0. The third-order valence-corrected chi connectivity index (χ3v) is 5.63. The molecule has 2 rings (SSSR count). The van der Waals surface area contributed by atoms with E-state index < -0.39 is 0 Å². The Morgan fingerprint density at radius 2 is 1.58 bits per heavy atom. The van der Waals surface area contributed by atoms with Crippen molar-refractivity contribution in [3.05, 3.63) is 35.4 Å². The highest BCUT2D eigenvalue weighted by Gasteiger charge is 2.20. The predicted octanol–water partition coefficient (Wildman–Crippen LogP) is 3.94. The molecular weight excluding hydrogens is 294 g/mol. The Morgan fingerprint density at radius 3 is 2.12 bits per heavy atom. The maximum Gasteiger partial charge on any atom is 0.168 e. The van der Waals surface area contributed by atoms with Crippen molar-refractivity contribution in [1.29, 1.82) is 0 Å². The van der Waals surface area contributed by atoms with Crippen molar-refractivity contribution in [2.24, 2.45) is 11.8 Å². The van der Waals surface area contributed by atoms with Crippen LogP contribution in [0.1, 0.15) is 74.2 Å². The Morgan fingerprint density at radius 1 is 1.00 bits per heavy atom. The number of rotatable bonds is 9. The van der Waals surface area contributed by atoms with Crippen LogP contribution in [-0.2, 0) is 6.42 Å². The third-order valence-electron chi connectivity index (χ3n) is 5.63. The zero-order valence-electron chi connectivity index (χ0n) is 15.9. The molecule has 0 aliphatic heterocycles. The standard InChI is InChI=1S/C22H35NO/c1-4-5-18-6-8-19(9-7-18)10-11-20-12-14-21(15-13-20)22(24)16-17-23(2)3/h12-15,18-19H,4-11,16-17H2,1-3H3/p+1. The molecule has 1 aromatic carbocycles. The molecule has 0 bridgehead atoms. The fourth-order valence-corrected chi connectivity index (χ4v) is 3.95. The van der Waals surface area contributed by atoms with Crippen molar-refractivity contribution in [2.45, 2.75) is 64.7 Å². The molecule has 1 saturated carbocycles. The molecule has 0 amide bonds. The topological polar surface area (TPSA) is 21.5 Å². The van der Waals surface area contributed by atoms with Crippen LogP contribution in [-0.4, -0.2) is 26.4 Å². The highest BCUT2D eigenvalue weighted by molar-refractivity contribution is 5.96. The van der Waals surface area contributed by atoms with E-state index in [0.29, 0.717) is 6.42 Å². The minimum Gasteiger partial charge on any atom is -0.339 e. The van der Waals surface area contributed by atoms with Gasteiger partial charge in [-0.05, 0) is 30.2 Å². The minimum atomic E-state index is 0.275. The molecular formula is C22H36NO+. The van der Waals surface area contributed by atoms with Gasteiger partial charge in [-0.15, -0.1) is 0 Å². The number of benzene rings is 1. The number of carbonyl (C=O) groups excluding carboxylic acids is 1. The molecule has 0 saturated heterocycles. The monoisotopic (exact) mass is 330 g/mol. The van der Waals surface area contributed by atoms with Crippen molar-refractivity contribution < 1.29 is 9.69 Å². The number of hydrogen-bond donors (Lipinski definition) is 1. The summed E-state index contributed by atoms with van der Waals surface area (Å²) >= 11 is 0. The van der Waals surface area contributed by atoms with Gasteiger partial charge < -0.3 is 4.90 Å². The molecule has 0 spiro atoms. The lowest BCUT2D eigenvalue weighted by molar-refractivity contribution is -0.857. The van der Waals surface area contributed by atoms with Gasteiger partial charge in [0.2, 0.25) is 0 Å².